The maximum atomic E-state index is 13.6. The van der Waals surface area contributed by atoms with Crippen LogP contribution in [0.3, 0.4) is 0 Å². The number of rotatable bonds is 5. The number of hydrogen-bond acceptors (Lipinski definition) is 3. The molecule has 162 valence electrons. The number of anilines is 1. The molecule has 0 aromatic heterocycles. The third-order valence-corrected chi connectivity index (χ3v) is 6.40. The van der Waals surface area contributed by atoms with Crippen molar-refractivity contribution in [1.82, 2.24) is 0 Å². The molecule has 0 heterocycles. The maximum absolute atomic E-state index is 13.6. The molecule has 4 nitrogen and oxygen atoms in total. The van der Waals surface area contributed by atoms with E-state index in [9.17, 15) is 14.7 Å². The Balaban J connectivity index is 1.77. The van der Waals surface area contributed by atoms with Gasteiger partial charge in [0.2, 0.25) is 5.91 Å². The van der Waals surface area contributed by atoms with Crippen molar-refractivity contribution in [1.29, 1.82) is 0 Å². The number of carbonyl (C=O) groups is 2. The van der Waals surface area contributed by atoms with Gasteiger partial charge in [-0.3, -0.25) is 4.79 Å². The first kappa shape index (κ1) is 21.6. The molecule has 0 saturated carbocycles. The van der Waals surface area contributed by atoms with Crippen molar-refractivity contribution in [2.24, 2.45) is 11.8 Å². The van der Waals surface area contributed by atoms with Gasteiger partial charge in [-0.05, 0) is 48.2 Å². The number of carbonyl (C=O) groups excluding carboxylic acids is 2. The van der Waals surface area contributed by atoms with Crippen LogP contribution < -0.4 is 10.4 Å². The van der Waals surface area contributed by atoms with Crippen LogP contribution in [0, 0.1) is 25.7 Å². The summed E-state index contributed by atoms with van der Waals surface area (Å²) in [4.78, 5) is 26.1. The van der Waals surface area contributed by atoms with Crippen LogP contribution in [0.4, 0.5) is 5.69 Å². The van der Waals surface area contributed by atoms with Crippen LogP contribution >= 0.6 is 0 Å². The third-order valence-electron chi connectivity index (χ3n) is 6.40. The Labute approximate surface area is 188 Å². The number of amides is 1. The number of benzene rings is 3. The predicted octanol–water partition coefficient (Wildman–Crippen LogP) is 4.36. The molecule has 3 aromatic rings. The molecule has 1 N–H and O–H groups in total. The zero-order valence-corrected chi connectivity index (χ0v) is 18.2. The zero-order valence-electron chi connectivity index (χ0n) is 18.2. The van der Waals surface area contributed by atoms with Gasteiger partial charge in [0.05, 0.1) is 5.92 Å². The van der Waals surface area contributed by atoms with Crippen molar-refractivity contribution in [3.8, 4) is 0 Å². The average Bonchev–Trinajstić information content (AvgIpc) is 2.81. The van der Waals surface area contributed by atoms with Gasteiger partial charge in [-0.25, -0.2) is 0 Å². The van der Waals surface area contributed by atoms with E-state index < -0.39 is 23.7 Å². The van der Waals surface area contributed by atoms with Gasteiger partial charge in [0.15, 0.2) is 0 Å². The van der Waals surface area contributed by atoms with E-state index in [2.05, 4.69) is 5.32 Å². The zero-order chi connectivity index (χ0) is 22.7. The molecule has 0 radical (unpaired) electrons. The molecule has 3 aromatic carbocycles. The molecule has 0 fully saturated rings. The molecular weight excluding hydrogens is 398 g/mol. The summed E-state index contributed by atoms with van der Waals surface area (Å²) < 4.78 is 0. The topological polar surface area (TPSA) is 69.2 Å². The molecule has 0 unspecified atom stereocenters. The molecule has 0 spiro atoms. The lowest BCUT2D eigenvalue weighted by Gasteiger charge is -2.40. The van der Waals surface area contributed by atoms with E-state index in [1.165, 1.54) is 0 Å². The van der Waals surface area contributed by atoms with Crippen molar-refractivity contribution in [2.45, 2.75) is 25.7 Å². The van der Waals surface area contributed by atoms with Gasteiger partial charge < -0.3 is 15.2 Å². The number of carboxylic acids is 1. The Bertz CT molecular complexity index is 1140. The summed E-state index contributed by atoms with van der Waals surface area (Å²) in [5.41, 5.74) is 4.61. The summed E-state index contributed by atoms with van der Waals surface area (Å²) in [5, 5.41) is 15.4. The normalized spacial score (nSPS) is 22.3. The largest absolute Gasteiger partial charge is 0.550 e. The van der Waals surface area contributed by atoms with E-state index in [4.69, 9.17) is 0 Å². The molecule has 1 amide bonds. The van der Waals surface area contributed by atoms with Gasteiger partial charge >= 0.3 is 0 Å². The lowest BCUT2D eigenvalue weighted by atomic mass is 9.66. The summed E-state index contributed by atoms with van der Waals surface area (Å²) in [7, 11) is 0. The van der Waals surface area contributed by atoms with E-state index in [0.29, 0.717) is 5.69 Å². The fourth-order valence-corrected chi connectivity index (χ4v) is 4.58. The number of aliphatic carboxylic acids is 1. The summed E-state index contributed by atoms with van der Waals surface area (Å²) in [6, 6.07) is 24.7. The smallest absolute Gasteiger partial charge is 0.229 e. The fourth-order valence-electron chi connectivity index (χ4n) is 4.58. The second kappa shape index (κ2) is 9.23. The fraction of sp³-hybridized carbons (Fsp3) is 0.214. The molecule has 0 aliphatic heterocycles. The Morgan fingerprint density at radius 2 is 1.25 bits per heavy atom. The van der Waals surface area contributed by atoms with Crippen LogP contribution in [0.2, 0.25) is 0 Å². The summed E-state index contributed by atoms with van der Waals surface area (Å²) in [6.07, 6.45) is 3.88. The van der Waals surface area contributed by atoms with Crippen molar-refractivity contribution >= 4 is 17.6 Å². The lowest BCUT2D eigenvalue weighted by molar-refractivity contribution is -0.313. The Kier molecular flexibility index (Phi) is 6.22. The molecule has 4 atom stereocenters. The van der Waals surface area contributed by atoms with E-state index in [1.807, 2.05) is 105 Å². The quantitative estimate of drug-likeness (QED) is 0.619. The van der Waals surface area contributed by atoms with Gasteiger partial charge in [0.1, 0.15) is 0 Å². The first-order chi connectivity index (χ1) is 15.5. The SMILES string of the molecule is Cc1ccc(NC(=O)[C@H]2[C@@H](C(=O)[O-])[C@@H](c3ccccc3)C=C[C@H]2c2ccccc2)cc1C. The van der Waals surface area contributed by atoms with Gasteiger partial charge in [0, 0.05) is 29.4 Å². The molecule has 1 aliphatic rings. The number of hydrogen-bond donors (Lipinski definition) is 1. The van der Waals surface area contributed by atoms with Crippen LogP contribution in [0.5, 0.6) is 0 Å². The Morgan fingerprint density at radius 3 is 1.75 bits per heavy atom. The summed E-state index contributed by atoms with van der Waals surface area (Å²) in [6.45, 7) is 3.99. The Hall–Kier alpha value is -3.66. The van der Waals surface area contributed by atoms with E-state index in [1.54, 1.807) is 0 Å². The number of carboxylic acid groups (broad SMARTS) is 1. The average molecular weight is 425 g/mol. The number of aryl methyl sites for hydroxylation is 2. The van der Waals surface area contributed by atoms with Crippen molar-refractivity contribution in [3.05, 3.63) is 113 Å². The van der Waals surface area contributed by atoms with Crippen LogP contribution in [-0.4, -0.2) is 11.9 Å². The van der Waals surface area contributed by atoms with Crippen LogP contribution in [0.25, 0.3) is 0 Å². The molecule has 4 heteroatoms. The van der Waals surface area contributed by atoms with Crippen molar-refractivity contribution in [2.75, 3.05) is 5.32 Å². The molecule has 32 heavy (non-hydrogen) atoms. The van der Waals surface area contributed by atoms with Crippen LogP contribution in [-0.2, 0) is 9.59 Å². The summed E-state index contributed by atoms with van der Waals surface area (Å²) >= 11 is 0. The standard InChI is InChI=1S/C28H27NO3/c1-18-13-14-22(17-19(18)2)29-27(30)25-23(20-9-5-3-6-10-20)15-16-24(26(25)28(31)32)21-11-7-4-8-12-21/h3-17,23-26H,1-2H3,(H,29,30)(H,31,32)/p-1/t23-,24+,25+,26-/m0/s1. The van der Waals surface area contributed by atoms with Gasteiger partial charge in [-0.15, -0.1) is 0 Å². The minimum atomic E-state index is -1.22. The molecular formula is C28H26NO3-. The highest BCUT2D eigenvalue weighted by molar-refractivity contribution is 5.96. The molecule has 0 saturated heterocycles. The maximum Gasteiger partial charge on any atom is 0.229 e. The van der Waals surface area contributed by atoms with E-state index in [-0.39, 0.29) is 11.8 Å². The third kappa shape index (κ3) is 4.35. The van der Waals surface area contributed by atoms with Crippen LogP contribution in [0.15, 0.2) is 91.0 Å². The highest BCUT2D eigenvalue weighted by atomic mass is 16.4. The van der Waals surface area contributed by atoms with Gasteiger partial charge in [0.25, 0.3) is 0 Å². The Morgan fingerprint density at radius 1 is 0.719 bits per heavy atom. The second-order valence-corrected chi connectivity index (χ2v) is 8.42. The number of allylic oxidation sites excluding steroid dienone is 2. The number of nitrogens with one attached hydrogen (secondary N) is 1. The monoisotopic (exact) mass is 424 g/mol. The minimum Gasteiger partial charge on any atom is -0.550 e. The van der Waals surface area contributed by atoms with Crippen molar-refractivity contribution < 1.29 is 14.7 Å². The highest BCUT2D eigenvalue weighted by Gasteiger charge is 2.42. The molecule has 0 bridgehead atoms. The van der Waals surface area contributed by atoms with Gasteiger partial charge in [-0.1, -0.05) is 78.9 Å². The van der Waals surface area contributed by atoms with E-state index in [0.717, 1.165) is 22.3 Å². The van der Waals surface area contributed by atoms with Crippen LogP contribution in [0.1, 0.15) is 34.1 Å². The predicted molar refractivity (Wildman–Crippen MR) is 124 cm³/mol. The lowest BCUT2D eigenvalue weighted by Crippen LogP contribution is -2.47. The molecule has 1 aliphatic carbocycles. The second-order valence-electron chi connectivity index (χ2n) is 8.42. The highest BCUT2D eigenvalue weighted by Crippen LogP contribution is 2.44. The van der Waals surface area contributed by atoms with Crippen molar-refractivity contribution in [3.63, 3.8) is 0 Å². The minimum absolute atomic E-state index is 0.318. The first-order valence-electron chi connectivity index (χ1n) is 10.8. The van der Waals surface area contributed by atoms with E-state index >= 15 is 0 Å². The molecule has 4 rings (SSSR count). The first-order valence-corrected chi connectivity index (χ1v) is 10.8. The summed E-state index contributed by atoms with van der Waals surface area (Å²) in [5.74, 6) is -4.17. The van der Waals surface area contributed by atoms with Gasteiger partial charge in [-0.2, -0.15) is 0 Å².